The Morgan fingerprint density at radius 1 is 1.00 bits per heavy atom. The molecule has 1 saturated carbocycles. The van der Waals surface area contributed by atoms with Gasteiger partial charge in [-0.15, -0.1) is 0 Å². The number of carbonyl (C=O) groups is 1. The first-order valence-corrected chi connectivity index (χ1v) is 11.1. The Bertz CT molecular complexity index is 557. The molecule has 0 aromatic heterocycles. The largest absolute Gasteiger partial charge is 0.375 e. The van der Waals surface area contributed by atoms with Crippen LogP contribution >= 0.6 is 0 Å². The molecule has 1 amide bonds. The van der Waals surface area contributed by atoms with Crippen LogP contribution in [-0.4, -0.2) is 68.2 Å². The van der Waals surface area contributed by atoms with Crippen LogP contribution in [0.2, 0.25) is 0 Å². The molecule has 2 saturated heterocycles. The van der Waals surface area contributed by atoms with Crippen LogP contribution in [-0.2, 0) is 19.6 Å². The molecule has 2 aliphatic heterocycles. The Morgan fingerprint density at radius 2 is 1.67 bits per heavy atom. The highest BCUT2D eigenvalue weighted by molar-refractivity contribution is 7.88. The van der Waals surface area contributed by atoms with Crippen molar-refractivity contribution in [1.82, 2.24) is 9.21 Å². The number of amides is 1. The Hall–Kier alpha value is -0.660. The van der Waals surface area contributed by atoms with E-state index in [2.05, 4.69) is 6.92 Å². The molecule has 0 bridgehead atoms. The maximum Gasteiger partial charge on any atom is 0.225 e. The topological polar surface area (TPSA) is 66.9 Å². The number of fused-ring (bicyclic) bond motifs is 1. The van der Waals surface area contributed by atoms with Crippen LogP contribution in [0.4, 0.5) is 0 Å². The van der Waals surface area contributed by atoms with E-state index >= 15 is 0 Å². The smallest absolute Gasteiger partial charge is 0.225 e. The van der Waals surface area contributed by atoms with Crippen molar-refractivity contribution in [3.63, 3.8) is 0 Å². The summed E-state index contributed by atoms with van der Waals surface area (Å²) in [5.41, 5.74) is 0. The predicted molar refractivity (Wildman–Crippen MR) is 92.0 cm³/mol. The minimum atomic E-state index is -3.23. The first kappa shape index (κ1) is 18.1. The molecular weight excluding hydrogens is 328 g/mol. The van der Waals surface area contributed by atoms with Gasteiger partial charge in [0.15, 0.2) is 0 Å². The van der Waals surface area contributed by atoms with E-state index in [9.17, 15) is 13.2 Å². The highest BCUT2D eigenvalue weighted by Crippen LogP contribution is 2.31. The second-order valence-electron chi connectivity index (χ2n) is 7.71. The lowest BCUT2D eigenvalue weighted by Crippen LogP contribution is -2.53. The summed E-state index contributed by atoms with van der Waals surface area (Å²) in [5, 5.41) is 0. The Kier molecular flexibility index (Phi) is 5.52. The molecule has 0 N–H and O–H groups in total. The number of sulfonamides is 1. The van der Waals surface area contributed by atoms with E-state index in [-0.39, 0.29) is 24.0 Å². The van der Waals surface area contributed by atoms with Crippen LogP contribution in [0.25, 0.3) is 0 Å². The van der Waals surface area contributed by atoms with Crippen molar-refractivity contribution in [1.29, 1.82) is 0 Å². The monoisotopic (exact) mass is 358 g/mol. The summed E-state index contributed by atoms with van der Waals surface area (Å²) in [6, 6.07) is -0.127. The van der Waals surface area contributed by atoms with Gasteiger partial charge in [0.25, 0.3) is 0 Å². The molecule has 0 radical (unpaired) electrons. The van der Waals surface area contributed by atoms with Gasteiger partial charge in [0, 0.05) is 25.6 Å². The van der Waals surface area contributed by atoms with Crippen molar-refractivity contribution < 1.29 is 17.9 Å². The number of morpholine rings is 1. The van der Waals surface area contributed by atoms with E-state index in [0.717, 1.165) is 38.0 Å². The first-order chi connectivity index (χ1) is 11.4. The lowest BCUT2D eigenvalue weighted by molar-refractivity contribution is -0.136. The van der Waals surface area contributed by atoms with Crippen LogP contribution < -0.4 is 0 Å². The number of rotatable bonds is 2. The minimum Gasteiger partial charge on any atom is -0.375 e. The van der Waals surface area contributed by atoms with Gasteiger partial charge in [-0.05, 0) is 44.4 Å². The molecule has 2 atom stereocenters. The second-order valence-corrected chi connectivity index (χ2v) is 9.64. The fraction of sp³-hybridized carbons (Fsp3) is 0.941. The van der Waals surface area contributed by atoms with E-state index in [1.807, 2.05) is 4.90 Å². The molecule has 0 unspecified atom stereocenters. The Balaban J connectivity index is 1.65. The number of likely N-dealkylation sites (tertiary alicyclic amines) is 1. The third kappa shape index (κ3) is 3.94. The van der Waals surface area contributed by atoms with E-state index < -0.39 is 10.0 Å². The highest BCUT2D eigenvalue weighted by atomic mass is 32.2. The van der Waals surface area contributed by atoms with Gasteiger partial charge in [0.1, 0.15) is 0 Å². The van der Waals surface area contributed by atoms with Crippen molar-refractivity contribution in [2.24, 2.45) is 11.8 Å². The minimum absolute atomic E-state index is 0.0855. The number of ether oxygens (including phenoxy) is 1. The fourth-order valence-electron chi connectivity index (χ4n) is 4.44. The molecule has 24 heavy (non-hydrogen) atoms. The predicted octanol–water partition coefficient (Wildman–Crippen LogP) is 1.46. The second kappa shape index (κ2) is 7.30. The van der Waals surface area contributed by atoms with Gasteiger partial charge in [-0.1, -0.05) is 6.92 Å². The van der Waals surface area contributed by atoms with Crippen LogP contribution in [0.1, 0.15) is 45.4 Å². The summed E-state index contributed by atoms with van der Waals surface area (Å²) in [6.45, 7) is 4.46. The van der Waals surface area contributed by atoms with E-state index in [4.69, 9.17) is 4.74 Å². The van der Waals surface area contributed by atoms with Gasteiger partial charge in [0.2, 0.25) is 15.9 Å². The molecule has 3 rings (SSSR count). The normalized spacial score (nSPS) is 36.0. The molecule has 7 heteroatoms. The molecule has 138 valence electrons. The van der Waals surface area contributed by atoms with Crippen LogP contribution in [0.15, 0.2) is 0 Å². The van der Waals surface area contributed by atoms with Crippen molar-refractivity contribution in [3.8, 4) is 0 Å². The summed E-state index contributed by atoms with van der Waals surface area (Å²) in [6.07, 6.45) is 6.86. The van der Waals surface area contributed by atoms with Crippen molar-refractivity contribution >= 4 is 15.9 Å². The zero-order valence-corrected chi connectivity index (χ0v) is 15.6. The van der Waals surface area contributed by atoms with Crippen molar-refractivity contribution in [2.45, 2.75) is 57.6 Å². The molecule has 3 fully saturated rings. The molecule has 1 aliphatic carbocycles. The number of carbonyl (C=O) groups excluding carboxylic acids is 1. The third-order valence-electron chi connectivity index (χ3n) is 5.92. The van der Waals surface area contributed by atoms with E-state index in [1.165, 1.54) is 6.26 Å². The summed E-state index contributed by atoms with van der Waals surface area (Å²) >= 11 is 0. The average Bonchev–Trinajstić information content (AvgIpc) is 2.76. The number of hydrogen-bond donors (Lipinski definition) is 0. The number of nitrogens with zero attached hydrogens (tertiary/aromatic N) is 2. The summed E-state index contributed by atoms with van der Waals surface area (Å²) in [7, 11) is -3.23. The van der Waals surface area contributed by atoms with E-state index in [1.54, 1.807) is 4.31 Å². The maximum absolute atomic E-state index is 12.8. The van der Waals surface area contributed by atoms with Gasteiger partial charge in [0.05, 0.1) is 25.0 Å². The molecule has 0 aromatic rings. The van der Waals surface area contributed by atoms with E-state index in [0.29, 0.717) is 32.7 Å². The Labute approximate surface area is 145 Å². The molecule has 2 heterocycles. The zero-order valence-electron chi connectivity index (χ0n) is 14.8. The third-order valence-corrected chi connectivity index (χ3v) is 7.23. The van der Waals surface area contributed by atoms with Crippen molar-refractivity contribution in [3.05, 3.63) is 0 Å². The molecular formula is C17H30N2O4S. The van der Waals surface area contributed by atoms with Gasteiger partial charge in [-0.25, -0.2) is 8.42 Å². The zero-order chi connectivity index (χ0) is 17.3. The van der Waals surface area contributed by atoms with Gasteiger partial charge < -0.3 is 9.64 Å². The summed E-state index contributed by atoms with van der Waals surface area (Å²) < 4.78 is 31.5. The first-order valence-electron chi connectivity index (χ1n) is 9.23. The van der Waals surface area contributed by atoms with Crippen LogP contribution in [0.3, 0.4) is 0 Å². The van der Waals surface area contributed by atoms with Crippen LogP contribution in [0, 0.1) is 11.8 Å². The SMILES string of the molecule is CC1CCC(C(=O)N2CC[C@@H]3[C@@H](CC2)OCCN3S(C)(=O)=O)CC1. The molecule has 6 nitrogen and oxygen atoms in total. The lowest BCUT2D eigenvalue weighted by Gasteiger charge is -2.38. The summed E-state index contributed by atoms with van der Waals surface area (Å²) in [5.74, 6) is 1.16. The Morgan fingerprint density at radius 3 is 2.33 bits per heavy atom. The maximum atomic E-state index is 12.8. The fourth-order valence-corrected chi connectivity index (χ4v) is 5.58. The average molecular weight is 359 g/mol. The van der Waals surface area contributed by atoms with Gasteiger partial charge in [-0.2, -0.15) is 4.31 Å². The molecule has 0 spiro atoms. The lowest BCUT2D eigenvalue weighted by atomic mass is 9.82. The van der Waals surface area contributed by atoms with Crippen LogP contribution in [0.5, 0.6) is 0 Å². The van der Waals surface area contributed by atoms with Gasteiger partial charge in [-0.3, -0.25) is 4.79 Å². The quantitative estimate of drug-likeness (QED) is 0.750. The molecule has 0 aromatic carbocycles. The standard InChI is InChI=1S/C17H30N2O4S/c1-13-3-5-14(6-4-13)17(20)18-9-7-15-16(8-10-18)23-12-11-19(15)24(2,21)22/h13-16H,3-12H2,1-2H3/t13?,14?,15-,16-/m1/s1. The van der Waals surface area contributed by atoms with Gasteiger partial charge >= 0.3 is 0 Å². The van der Waals surface area contributed by atoms with Crippen molar-refractivity contribution in [2.75, 3.05) is 32.5 Å². The highest BCUT2D eigenvalue weighted by Gasteiger charge is 2.40. The summed E-state index contributed by atoms with van der Waals surface area (Å²) in [4.78, 5) is 14.8. The molecule has 3 aliphatic rings. The number of hydrogen-bond acceptors (Lipinski definition) is 4.